The Hall–Kier alpha value is -2.35. The van der Waals surface area contributed by atoms with Gasteiger partial charge in [-0.1, -0.05) is 18.2 Å². The zero-order valence-electron chi connectivity index (χ0n) is 15.7. The van der Waals surface area contributed by atoms with E-state index in [4.69, 9.17) is 9.15 Å². The molecule has 0 bridgehead atoms. The van der Waals surface area contributed by atoms with Gasteiger partial charge in [0, 0.05) is 11.9 Å². The molecule has 0 amide bonds. The van der Waals surface area contributed by atoms with Crippen molar-refractivity contribution in [1.82, 2.24) is 4.72 Å². The number of sulfonamides is 1. The molecule has 2 N–H and O–H groups in total. The zero-order chi connectivity index (χ0) is 19.8. The number of aryl methyl sites for hydroxylation is 2. The van der Waals surface area contributed by atoms with E-state index in [0.717, 1.165) is 16.5 Å². The van der Waals surface area contributed by atoms with Gasteiger partial charge in [0.1, 0.15) is 22.7 Å². The van der Waals surface area contributed by atoms with Gasteiger partial charge < -0.3 is 14.3 Å². The minimum Gasteiger partial charge on any atom is -0.496 e. The Morgan fingerprint density at radius 3 is 2.37 bits per heavy atom. The molecule has 0 radical (unpaired) electrons. The van der Waals surface area contributed by atoms with Crippen LogP contribution >= 0.6 is 0 Å². The van der Waals surface area contributed by atoms with Gasteiger partial charge in [-0.25, -0.2) is 13.1 Å². The van der Waals surface area contributed by atoms with Crippen LogP contribution in [0.3, 0.4) is 0 Å². The minimum absolute atomic E-state index is 0.124. The average molecular weight is 389 g/mol. The predicted molar refractivity (Wildman–Crippen MR) is 103 cm³/mol. The number of furan rings is 1. The fourth-order valence-electron chi connectivity index (χ4n) is 3.04. The molecule has 1 atom stereocenters. The number of benzene rings is 2. The number of nitrogens with one attached hydrogen (secondary N) is 1. The van der Waals surface area contributed by atoms with Crippen LogP contribution in [-0.2, 0) is 15.6 Å². The van der Waals surface area contributed by atoms with Gasteiger partial charge in [-0.15, -0.1) is 0 Å². The minimum atomic E-state index is -3.81. The zero-order valence-corrected chi connectivity index (χ0v) is 16.6. The number of para-hydroxylation sites is 1. The van der Waals surface area contributed by atoms with E-state index >= 15 is 0 Å². The number of aliphatic hydroxyl groups is 1. The smallest absolute Gasteiger partial charge is 0.240 e. The normalized spacial score (nSPS) is 14.3. The van der Waals surface area contributed by atoms with E-state index in [1.54, 1.807) is 45.2 Å². The van der Waals surface area contributed by atoms with Crippen LogP contribution in [0.15, 0.2) is 51.8 Å². The third-order valence-corrected chi connectivity index (χ3v) is 5.89. The fraction of sp³-hybridized carbons (Fsp3) is 0.300. The third kappa shape index (κ3) is 3.85. The summed E-state index contributed by atoms with van der Waals surface area (Å²) in [6, 6.07) is 12.2. The van der Waals surface area contributed by atoms with Gasteiger partial charge in [0.05, 0.1) is 12.0 Å². The van der Waals surface area contributed by atoms with E-state index in [1.807, 2.05) is 18.2 Å². The van der Waals surface area contributed by atoms with E-state index in [2.05, 4.69) is 4.72 Å². The van der Waals surface area contributed by atoms with Crippen LogP contribution in [0.4, 0.5) is 0 Å². The lowest BCUT2D eigenvalue weighted by atomic mass is 10.0. The highest BCUT2D eigenvalue weighted by atomic mass is 32.2. The maximum atomic E-state index is 12.7. The SMILES string of the molecule is COc1c(C)cc(S(=O)(=O)NCC(C)(O)c2cc3ccccc3o2)cc1C. The van der Waals surface area contributed by atoms with Crippen molar-refractivity contribution in [2.75, 3.05) is 13.7 Å². The molecule has 2 aromatic carbocycles. The standard InChI is InChI=1S/C20H23NO5S/c1-13-9-16(10-14(2)19(13)25-4)27(23,24)21-12-20(3,22)18-11-15-7-5-6-8-17(15)26-18/h5-11,21-22H,12H2,1-4H3. The van der Waals surface area contributed by atoms with Crippen molar-refractivity contribution in [3.63, 3.8) is 0 Å². The van der Waals surface area contributed by atoms with Gasteiger partial charge >= 0.3 is 0 Å². The molecule has 3 aromatic rings. The van der Waals surface area contributed by atoms with E-state index in [1.165, 1.54) is 6.92 Å². The Balaban J connectivity index is 1.83. The molecular weight excluding hydrogens is 366 g/mol. The van der Waals surface area contributed by atoms with Crippen molar-refractivity contribution < 1.29 is 22.7 Å². The molecule has 0 aliphatic carbocycles. The number of fused-ring (bicyclic) bond motifs is 1. The molecule has 0 fully saturated rings. The van der Waals surface area contributed by atoms with Crippen molar-refractivity contribution in [3.8, 4) is 5.75 Å². The highest BCUT2D eigenvalue weighted by Crippen LogP contribution is 2.29. The molecule has 0 saturated heterocycles. The summed E-state index contributed by atoms with van der Waals surface area (Å²) in [6.45, 7) is 4.86. The molecule has 27 heavy (non-hydrogen) atoms. The van der Waals surface area contributed by atoms with Gasteiger partial charge in [0.15, 0.2) is 0 Å². The lowest BCUT2D eigenvalue weighted by molar-refractivity contribution is 0.0412. The molecule has 0 aliphatic rings. The van der Waals surface area contributed by atoms with Gasteiger partial charge in [-0.3, -0.25) is 0 Å². The summed E-state index contributed by atoms with van der Waals surface area (Å²) in [5.41, 5.74) is 0.587. The Labute approximate surface area is 158 Å². The summed E-state index contributed by atoms with van der Waals surface area (Å²) < 4.78 is 38.8. The van der Waals surface area contributed by atoms with Crippen LogP contribution in [0.5, 0.6) is 5.75 Å². The van der Waals surface area contributed by atoms with E-state index in [9.17, 15) is 13.5 Å². The van der Waals surface area contributed by atoms with E-state index < -0.39 is 15.6 Å². The monoisotopic (exact) mass is 389 g/mol. The van der Waals surface area contributed by atoms with Crippen molar-refractivity contribution >= 4 is 21.0 Å². The summed E-state index contributed by atoms with van der Waals surface area (Å²) in [5.74, 6) is 0.955. The second-order valence-electron chi connectivity index (χ2n) is 6.84. The third-order valence-electron chi connectivity index (χ3n) is 4.51. The second-order valence-corrected chi connectivity index (χ2v) is 8.60. The Morgan fingerprint density at radius 2 is 1.78 bits per heavy atom. The first-order valence-electron chi connectivity index (χ1n) is 8.50. The average Bonchev–Trinajstić information content (AvgIpc) is 3.05. The predicted octanol–water partition coefficient (Wildman–Crippen LogP) is 3.24. The van der Waals surface area contributed by atoms with Gasteiger partial charge in [0.25, 0.3) is 0 Å². The number of hydrogen-bond donors (Lipinski definition) is 2. The van der Waals surface area contributed by atoms with Crippen LogP contribution in [0.2, 0.25) is 0 Å². The topological polar surface area (TPSA) is 88.8 Å². The van der Waals surface area contributed by atoms with Crippen molar-refractivity contribution in [3.05, 3.63) is 59.4 Å². The summed E-state index contributed by atoms with van der Waals surface area (Å²) in [6.07, 6.45) is 0. The molecule has 1 aromatic heterocycles. The number of methoxy groups -OCH3 is 1. The number of ether oxygens (including phenoxy) is 1. The van der Waals surface area contributed by atoms with Crippen LogP contribution < -0.4 is 9.46 Å². The largest absolute Gasteiger partial charge is 0.496 e. The Morgan fingerprint density at radius 1 is 1.15 bits per heavy atom. The quantitative estimate of drug-likeness (QED) is 0.676. The molecular formula is C20H23NO5S. The lowest BCUT2D eigenvalue weighted by Crippen LogP contribution is -2.38. The fourth-order valence-corrected chi connectivity index (χ4v) is 4.34. The second kappa shape index (κ2) is 6.99. The summed E-state index contributed by atoms with van der Waals surface area (Å²) >= 11 is 0. The first-order valence-corrected chi connectivity index (χ1v) is 9.99. The molecule has 7 heteroatoms. The Kier molecular flexibility index (Phi) is 5.03. The molecule has 1 unspecified atom stereocenters. The molecule has 0 spiro atoms. The van der Waals surface area contributed by atoms with Crippen LogP contribution in [0.25, 0.3) is 11.0 Å². The van der Waals surface area contributed by atoms with Crippen molar-refractivity contribution in [2.45, 2.75) is 31.3 Å². The van der Waals surface area contributed by atoms with Crippen molar-refractivity contribution in [1.29, 1.82) is 0 Å². The maximum Gasteiger partial charge on any atom is 0.240 e. The van der Waals surface area contributed by atoms with Crippen LogP contribution in [-0.4, -0.2) is 27.2 Å². The Bertz CT molecular complexity index is 1030. The molecule has 0 saturated carbocycles. The summed E-state index contributed by atoms with van der Waals surface area (Å²) in [5, 5.41) is 11.6. The summed E-state index contributed by atoms with van der Waals surface area (Å²) in [4.78, 5) is 0.124. The van der Waals surface area contributed by atoms with Gasteiger partial charge in [0.2, 0.25) is 10.0 Å². The van der Waals surface area contributed by atoms with Crippen LogP contribution in [0.1, 0.15) is 23.8 Å². The number of hydrogen-bond acceptors (Lipinski definition) is 5. The van der Waals surface area contributed by atoms with Crippen molar-refractivity contribution in [2.24, 2.45) is 0 Å². The van der Waals surface area contributed by atoms with E-state index in [-0.39, 0.29) is 11.4 Å². The summed E-state index contributed by atoms with van der Waals surface area (Å²) in [7, 11) is -2.26. The molecule has 1 heterocycles. The van der Waals surface area contributed by atoms with Gasteiger partial charge in [-0.05, 0) is 56.2 Å². The first kappa shape index (κ1) is 19.4. The molecule has 6 nitrogen and oxygen atoms in total. The highest BCUT2D eigenvalue weighted by molar-refractivity contribution is 7.89. The van der Waals surface area contributed by atoms with E-state index in [0.29, 0.717) is 17.1 Å². The molecule has 3 rings (SSSR count). The van der Waals surface area contributed by atoms with Gasteiger partial charge in [-0.2, -0.15) is 0 Å². The lowest BCUT2D eigenvalue weighted by Gasteiger charge is -2.21. The molecule has 0 aliphatic heterocycles. The number of rotatable bonds is 6. The first-order chi connectivity index (χ1) is 12.6. The molecule has 144 valence electrons. The maximum absolute atomic E-state index is 12.7. The highest BCUT2D eigenvalue weighted by Gasteiger charge is 2.30. The van der Waals surface area contributed by atoms with Crippen LogP contribution in [0, 0.1) is 13.8 Å².